The zero-order valence-corrected chi connectivity index (χ0v) is 32.4. The summed E-state index contributed by atoms with van der Waals surface area (Å²) < 4.78 is 57.5. The molecule has 0 spiro atoms. The Labute approximate surface area is 305 Å². The van der Waals surface area contributed by atoms with Gasteiger partial charge >= 0.3 is 6.03 Å². The van der Waals surface area contributed by atoms with Crippen LogP contribution in [0, 0.1) is 11.8 Å². The molecule has 1 aliphatic rings. The lowest BCUT2D eigenvalue weighted by molar-refractivity contribution is -0.128. The molecule has 16 heteroatoms. The number of aromatic nitrogens is 1. The first-order valence-electron chi connectivity index (χ1n) is 16.8. The second-order valence-electron chi connectivity index (χ2n) is 13.7. The van der Waals surface area contributed by atoms with Crippen molar-refractivity contribution in [2.75, 3.05) is 39.5 Å². The highest BCUT2D eigenvalue weighted by Gasteiger charge is 2.40. The second kappa shape index (κ2) is 17.3. The molecular weight excluding hydrogens is 715 g/mol. The van der Waals surface area contributed by atoms with Crippen LogP contribution in [0.25, 0.3) is 0 Å². The van der Waals surface area contributed by atoms with Crippen molar-refractivity contribution in [3.63, 3.8) is 0 Å². The molecule has 2 heterocycles. The lowest BCUT2D eigenvalue weighted by atomic mass is 9.97. The summed E-state index contributed by atoms with van der Waals surface area (Å²) in [5, 5.41) is 16.9. The molecule has 51 heavy (non-hydrogen) atoms. The van der Waals surface area contributed by atoms with Crippen LogP contribution in [0.1, 0.15) is 44.0 Å². The van der Waals surface area contributed by atoms with Gasteiger partial charge in [-0.3, -0.25) is 4.79 Å². The fraction of sp³-hybridized carbons (Fsp3) is 0.514. The van der Waals surface area contributed by atoms with Crippen molar-refractivity contribution in [1.29, 1.82) is 0 Å². The van der Waals surface area contributed by atoms with Crippen LogP contribution in [0.3, 0.4) is 0 Å². The van der Waals surface area contributed by atoms with Gasteiger partial charge in [0.2, 0.25) is 15.9 Å². The number of thiazole rings is 1. The fourth-order valence-corrected chi connectivity index (χ4v) is 9.67. The number of carbonyl (C=O) groups excluding carboxylic acids is 2. The van der Waals surface area contributed by atoms with Crippen LogP contribution in [0.4, 0.5) is 4.79 Å². The van der Waals surface area contributed by atoms with Crippen molar-refractivity contribution >= 4 is 43.1 Å². The third kappa shape index (κ3) is 11.0. The van der Waals surface area contributed by atoms with E-state index < -0.39 is 44.0 Å². The molecule has 1 aromatic heterocycles. The number of aliphatic hydroxyl groups is 1. The number of carbonyl (C=O) groups is 2. The smallest absolute Gasteiger partial charge is 0.321 e. The molecule has 3 aromatic rings. The van der Waals surface area contributed by atoms with Crippen molar-refractivity contribution in [2.24, 2.45) is 11.8 Å². The Bertz CT molecular complexity index is 1830. The second-order valence-corrected chi connectivity index (χ2v) is 18.7. The highest BCUT2D eigenvalue weighted by molar-refractivity contribution is 7.90. The van der Waals surface area contributed by atoms with Gasteiger partial charge in [-0.25, -0.2) is 26.6 Å². The minimum Gasteiger partial charge on any atom is -0.497 e. The standard InChI is InChI=1S/C35H49N5O8S3/c1-24(2)19-39(51(46,47)29-14-12-28(48-5)13-15-29)21-31(41)30(18-26-10-8-7-9-11-26)37-34(42)33(25(3)4)40-17-16-38(35(40)43)20-27-22-49-32(36-27)23-50(6,44)45/h7-15,22,24-25,30-31,33,41H,16-21,23H2,1-6H3,(H,37,42)/t30-,31+,33?/m0/s1. The minimum absolute atomic E-state index is 0.0565. The summed E-state index contributed by atoms with van der Waals surface area (Å²) in [7, 11) is -5.79. The first-order chi connectivity index (χ1) is 24.0. The number of nitrogens with zero attached hydrogens (tertiary/aromatic N) is 4. The molecule has 0 saturated carbocycles. The molecule has 0 radical (unpaired) electrons. The normalized spacial score (nSPS) is 15.8. The predicted molar refractivity (Wildman–Crippen MR) is 196 cm³/mol. The first kappa shape index (κ1) is 40.2. The summed E-state index contributed by atoms with van der Waals surface area (Å²) in [5.74, 6) is -0.477. The van der Waals surface area contributed by atoms with Gasteiger partial charge in [0.05, 0.1) is 36.4 Å². The SMILES string of the molecule is COc1ccc(S(=O)(=O)N(CC(C)C)C[C@@H](O)[C@H](Cc2ccccc2)NC(=O)C(C(C)C)N2CCN(Cc3csc(CS(C)(=O)=O)n3)C2=O)cc1. The maximum absolute atomic E-state index is 14.1. The quantitative estimate of drug-likeness (QED) is 0.198. The van der Waals surface area contributed by atoms with Crippen molar-refractivity contribution in [3.8, 4) is 5.75 Å². The minimum atomic E-state index is -4.03. The van der Waals surface area contributed by atoms with E-state index in [-0.39, 0.29) is 61.1 Å². The molecule has 0 bridgehead atoms. The van der Waals surface area contributed by atoms with Crippen molar-refractivity contribution in [1.82, 2.24) is 24.4 Å². The van der Waals surface area contributed by atoms with Crippen LogP contribution in [-0.4, -0.2) is 111 Å². The Balaban J connectivity index is 1.54. The third-order valence-electron chi connectivity index (χ3n) is 8.45. The largest absolute Gasteiger partial charge is 0.497 e. The third-order valence-corrected chi connectivity index (χ3v) is 12.2. The highest BCUT2D eigenvalue weighted by atomic mass is 32.2. The summed E-state index contributed by atoms with van der Waals surface area (Å²) in [6.07, 6.45) is 0.0595. The van der Waals surface area contributed by atoms with Gasteiger partial charge in [-0.2, -0.15) is 4.31 Å². The highest BCUT2D eigenvalue weighted by Crippen LogP contribution is 2.24. The van der Waals surface area contributed by atoms with Crippen molar-refractivity contribution < 1.29 is 36.3 Å². The van der Waals surface area contributed by atoms with E-state index in [0.717, 1.165) is 11.8 Å². The molecule has 1 aliphatic heterocycles. The van der Waals surface area contributed by atoms with E-state index in [1.807, 2.05) is 58.0 Å². The summed E-state index contributed by atoms with van der Waals surface area (Å²) >= 11 is 1.22. The summed E-state index contributed by atoms with van der Waals surface area (Å²) in [6.45, 7) is 8.12. The molecule has 3 atom stereocenters. The Hall–Kier alpha value is -3.57. The van der Waals surface area contributed by atoms with Gasteiger partial charge in [0.25, 0.3) is 0 Å². The van der Waals surface area contributed by atoms with Gasteiger partial charge in [-0.05, 0) is 48.1 Å². The Kier molecular flexibility index (Phi) is 13.6. The van der Waals surface area contributed by atoms with Gasteiger partial charge in [0.1, 0.15) is 22.6 Å². The average Bonchev–Trinajstić information content (AvgIpc) is 3.64. The number of sulfone groups is 1. The molecular formula is C35H49N5O8S3. The number of rotatable bonds is 18. The number of aliphatic hydroxyl groups excluding tert-OH is 1. The van der Waals surface area contributed by atoms with E-state index in [2.05, 4.69) is 10.3 Å². The van der Waals surface area contributed by atoms with Gasteiger partial charge in [0, 0.05) is 37.8 Å². The number of amides is 3. The predicted octanol–water partition coefficient (Wildman–Crippen LogP) is 3.39. The molecule has 1 unspecified atom stereocenters. The van der Waals surface area contributed by atoms with E-state index in [4.69, 9.17) is 4.74 Å². The van der Waals surface area contributed by atoms with E-state index in [0.29, 0.717) is 23.0 Å². The summed E-state index contributed by atoms with van der Waals surface area (Å²) in [4.78, 5) is 35.3. The lowest BCUT2D eigenvalue weighted by Gasteiger charge is -2.34. The van der Waals surface area contributed by atoms with E-state index in [9.17, 15) is 31.5 Å². The fourth-order valence-electron chi connectivity index (χ4n) is 6.05. The molecule has 280 valence electrons. The van der Waals surface area contributed by atoms with Gasteiger partial charge in [-0.15, -0.1) is 11.3 Å². The molecule has 3 amide bonds. The molecule has 2 N–H and O–H groups in total. The Morgan fingerprint density at radius 1 is 1.02 bits per heavy atom. The van der Waals surface area contributed by atoms with Crippen LogP contribution in [0.15, 0.2) is 64.9 Å². The topological polar surface area (TPSA) is 167 Å². The number of ether oxygens (including phenoxy) is 1. The summed E-state index contributed by atoms with van der Waals surface area (Å²) in [6, 6.07) is 13.2. The zero-order valence-electron chi connectivity index (χ0n) is 29.9. The molecule has 0 aliphatic carbocycles. The number of methoxy groups -OCH3 is 1. The number of sulfonamides is 1. The van der Waals surface area contributed by atoms with Crippen molar-refractivity contribution in [2.45, 2.75) is 69.5 Å². The van der Waals surface area contributed by atoms with Gasteiger partial charge < -0.3 is 25.0 Å². The molecule has 4 rings (SSSR count). The molecule has 1 saturated heterocycles. The van der Waals surface area contributed by atoms with Crippen molar-refractivity contribution in [3.05, 3.63) is 76.2 Å². The lowest BCUT2D eigenvalue weighted by Crippen LogP contribution is -2.57. The molecule has 1 fully saturated rings. The Morgan fingerprint density at radius 3 is 2.27 bits per heavy atom. The van der Waals surface area contributed by atoms with Crippen LogP contribution >= 0.6 is 11.3 Å². The van der Waals surface area contributed by atoms with E-state index in [1.165, 1.54) is 39.8 Å². The average molecular weight is 764 g/mol. The van der Waals surface area contributed by atoms with Crippen LogP contribution < -0.4 is 10.1 Å². The van der Waals surface area contributed by atoms with Gasteiger partial charge in [0.15, 0.2) is 9.84 Å². The van der Waals surface area contributed by atoms with Crippen LogP contribution in [0.5, 0.6) is 5.75 Å². The molecule has 13 nitrogen and oxygen atoms in total. The summed E-state index contributed by atoms with van der Waals surface area (Å²) in [5.41, 5.74) is 1.40. The maximum atomic E-state index is 14.1. The maximum Gasteiger partial charge on any atom is 0.321 e. The number of hydrogen-bond donors (Lipinski definition) is 2. The Morgan fingerprint density at radius 2 is 1.69 bits per heavy atom. The van der Waals surface area contributed by atoms with E-state index >= 15 is 0 Å². The number of hydrogen-bond acceptors (Lipinski definition) is 10. The number of urea groups is 1. The van der Waals surface area contributed by atoms with Gasteiger partial charge in [-0.1, -0.05) is 58.0 Å². The van der Waals surface area contributed by atoms with Crippen LogP contribution in [0.2, 0.25) is 0 Å². The van der Waals surface area contributed by atoms with E-state index in [1.54, 1.807) is 22.4 Å². The monoisotopic (exact) mass is 763 g/mol. The molecule has 2 aromatic carbocycles. The zero-order chi connectivity index (χ0) is 37.5. The first-order valence-corrected chi connectivity index (χ1v) is 21.2. The number of benzene rings is 2. The number of nitrogens with one attached hydrogen (secondary N) is 1. The van der Waals surface area contributed by atoms with Crippen LogP contribution in [-0.2, 0) is 43.4 Å².